The number of rotatable bonds is 0. The molecule has 0 aliphatic carbocycles. The predicted octanol–water partition coefficient (Wildman–Crippen LogP) is 5.86. The van der Waals surface area contributed by atoms with Crippen molar-refractivity contribution in [1.29, 1.82) is 0 Å². The fourth-order valence-electron chi connectivity index (χ4n) is 2.35. The Balaban J connectivity index is 0.000000318. The summed E-state index contributed by atoms with van der Waals surface area (Å²) in [4.78, 5) is 18.8. The molecule has 11 heteroatoms. The van der Waals surface area contributed by atoms with E-state index in [-0.39, 0.29) is 0 Å². The first-order valence-electron chi connectivity index (χ1n) is 8.39. The van der Waals surface area contributed by atoms with Crippen LogP contribution >= 0.6 is 23.4 Å². The number of anilines is 4. The average Bonchev–Trinajstić information content (AvgIpc) is 2.69. The van der Waals surface area contributed by atoms with Gasteiger partial charge in [-0.3, -0.25) is 0 Å². The third kappa shape index (κ3) is 6.01. The third-order valence-corrected chi connectivity index (χ3v) is 5.01. The van der Waals surface area contributed by atoms with Crippen LogP contribution in [0.3, 0.4) is 0 Å². The van der Waals surface area contributed by atoms with Crippen molar-refractivity contribution in [3.05, 3.63) is 65.3 Å². The molecule has 1 aromatic heterocycles. The summed E-state index contributed by atoms with van der Waals surface area (Å²) in [6.45, 7) is 0. The number of carboxylic acids is 1. The molecule has 30 heavy (non-hydrogen) atoms. The van der Waals surface area contributed by atoms with Crippen LogP contribution < -0.4 is 10.6 Å². The lowest BCUT2D eigenvalue weighted by Gasteiger charge is -2.10. The second-order valence-corrected chi connectivity index (χ2v) is 7.42. The van der Waals surface area contributed by atoms with E-state index in [1.165, 1.54) is 10.5 Å². The van der Waals surface area contributed by atoms with Crippen LogP contribution in [0, 0.1) is 0 Å². The first-order chi connectivity index (χ1) is 14.2. The van der Waals surface area contributed by atoms with Crippen molar-refractivity contribution >= 4 is 52.5 Å². The largest absolute Gasteiger partial charge is 0.490 e. The van der Waals surface area contributed by atoms with E-state index in [0.29, 0.717) is 16.8 Å². The summed E-state index contributed by atoms with van der Waals surface area (Å²) in [5.41, 5.74) is 3.15. The summed E-state index contributed by atoms with van der Waals surface area (Å²) in [5, 5.41) is 14.1. The molecule has 2 aromatic carbocycles. The van der Waals surface area contributed by atoms with Crippen molar-refractivity contribution < 1.29 is 23.1 Å². The van der Waals surface area contributed by atoms with Crippen LogP contribution in [0.5, 0.6) is 0 Å². The number of aliphatic carboxylic acids is 1. The highest BCUT2D eigenvalue weighted by molar-refractivity contribution is 7.98. The summed E-state index contributed by atoms with van der Waals surface area (Å²) >= 11 is 8.01. The molecule has 0 saturated heterocycles. The third-order valence-electron chi connectivity index (χ3n) is 3.67. The molecule has 3 aromatic rings. The number of carbonyl (C=O) groups is 1. The van der Waals surface area contributed by atoms with Gasteiger partial charge in [0.15, 0.2) is 5.82 Å². The number of nitrogens with one attached hydrogen (secondary N) is 2. The lowest BCUT2D eigenvalue weighted by atomic mass is 10.2. The molecule has 2 heterocycles. The Kier molecular flexibility index (Phi) is 6.68. The van der Waals surface area contributed by atoms with Gasteiger partial charge in [-0.2, -0.15) is 18.2 Å². The lowest BCUT2D eigenvalue weighted by molar-refractivity contribution is -0.192. The van der Waals surface area contributed by atoms with Gasteiger partial charge < -0.3 is 15.7 Å². The molecule has 0 saturated carbocycles. The predicted molar refractivity (Wildman–Crippen MR) is 110 cm³/mol. The van der Waals surface area contributed by atoms with Gasteiger partial charge in [0.25, 0.3) is 0 Å². The minimum Gasteiger partial charge on any atom is -0.475 e. The van der Waals surface area contributed by atoms with Gasteiger partial charge in [0.2, 0.25) is 5.95 Å². The molecule has 0 unspecified atom stereocenters. The first kappa shape index (κ1) is 21.7. The first-order valence-corrected chi connectivity index (χ1v) is 9.75. The number of nitrogens with zero attached hydrogens (tertiary/aromatic N) is 2. The quantitative estimate of drug-likeness (QED) is 0.392. The molecular formula is C19H14ClF3N4O2S. The van der Waals surface area contributed by atoms with Crippen LogP contribution in [0.1, 0.15) is 5.56 Å². The highest BCUT2D eigenvalue weighted by Crippen LogP contribution is 2.30. The van der Waals surface area contributed by atoms with Crippen molar-refractivity contribution in [3.63, 3.8) is 0 Å². The molecule has 4 rings (SSSR count). The van der Waals surface area contributed by atoms with Gasteiger partial charge in [-0.15, -0.1) is 11.8 Å². The minimum atomic E-state index is -5.08. The monoisotopic (exact) mass is 454 g/mol. The van der Waals surface area contributed by atoms with E-state index >= 15 is 0 Å². The number of benzene rings is 2. The Hall–Kier alpha value is -2.98. The molecule has 0 spiro atoms. The summed E-state index contributed by atoms with van der Waals surface area (Å²) < 4.78 is 31.7. The molecule has 0 radical (unpaired) electrons. The lowest BCUT2D eigenvalue weighted by Crippen LogP contribution is -2.21. The Labute approximate surface area is 178 Å². The zero-order valence-electron chi connectivity index (χ0n) is 15.1. The molecule has 6 bridgehead atoms. The van der Waals surface area contributed by atoms with Gasteiger partial charge in [-0.1, -0.05) is 29.8 Å². The summed E-state index contributed by atoms with van der Waals surface area (Å²) in [7, 11) is 0. The molecule has 6 nitrogen and oxygen atoms in total. The molecule has 0 amide bonds. The van der Waals surface area contributed by atoms with Gasteiger partial charge in [-0.25, -0.2) is 9.78 Å². The van der Waals surface area contributed by atoms with Crippen LogP contribution in [0.15, 0.2) is 59.6 Å². The highest BCUT2D eigenvalue weighted by atomic mass is 35.5. The maximum atomic E-state index is 10.6. The van der Waals surface area contributed by atoms with Gasteiger partial charge in [0, 0.05) is 22.0 Å². The SMILES string of the molecule is Clc1cnc2nc1Nc1cccc(c1)CSc1cccc(c1)N2.O=C(O)C(F)(F)F. The van der Waals surface area contributed by atoms with E-state index < -0.39 is 12.1 Å². The standard InChI is InChI=1S/C17H13ClN4S.C2HF3O2/c18-15-9-19-17-21-13-5-2-6-14(8-13)23-10-11-3-1-4-12(7-11)20-16(15)22-17;3-2(4,5)1(6)7/h1-9H,10H2,(H2,19,20,21,22);(H,6,7). The van der Waals surface area contributed by atoms with Crippen molar-refractivity contribution in [3.8, 4) is 0 Å². The molecular weight excluding hydrogens is 441 g/mol. The fourth-order valence-corrected chi connectivity index (χ4v) is 3.39. The number of halogens is 4. The van der Waals surface area contributed by atoms with Crippen molar-refractivity contribution in [1.82, 2.24) is 9.97 Å². The van der Waals surface area contributed by atoms with Gasteiger partial charge >= 0.3 is 12.1 Å². The molecule has 0 atom stereocenters. The highest BCUT2D eigenvalue weighted by Gasteiger charge is 2.38. The number of carboxylic acid groups (broad SMARTS) is 1. The summed E-state index contributed by atoms with van der Waals surface area (Å²) in [6, 6.07) is 16.5. The second kappa shape index (κ2) is 9.23. The molecule has 156 valence electrons. The number of thioether (sulfide) groups is 1. The van der Waals surface area contributed by atoms with E-state index in [2.05, 4.69) is 44.9 Å². The zero-order chi connectivity index (χ0) is 21.7. The van der Waals surface area contributed by atoms with Gasteiger partial charge in [-0.05, 0) is 35.9 Å². The van der Waals surface area contributed by atoms with Crippen LogP contribution in [0.2, 0.25) is 5.02 Å². The number of hydrogen-bond acceptors (Lipinski definition) is 6. The van der Waals surface area contributed by atoms with Crippen molar-refractivity contribution in [2.45, 2.75) is 16.8 Å². The fraction of sp³-hybridized carbons (Fsp3) is 0.105. The molecule has 1 aliphatic heterocycles. The van der Waals surface area contributed by atoms with Crippen LogP contribution in [0.25, 0.3) is 0 Å². The summed E-state index contributed by atoms with van der Waals surface area (Å²) in [5.74, 6) is -0.762. The van der Waals surface area contributed by atoms with E-state index in [1.807, 2.05) is 24.3 Å². The number of fused-ring (bicyclic) bond motifs is 6. The van der Waals surface area contributed by atoms with E-state index in [4.69, 9.17) is 21.5 Å². The maximum absolute atomic E-state index is 10.6. The molecule has 3 N–H and O–H groups in total. The Morgan fingerprint density at radius 1 is 1.10 bits per heavy atom. The summed E-state index contributed by atoms with van der Waals surface area (Å²) in [6.07, 6.45) is -3.48. The second-order valence-electron chi connectivity index (χ2n) is 5.96. The zero-order valence-corrected chi connectivity index (χ0v) is 16.6. The minimum absolute atomic E-state index is 0.485. The maximum Gasteiger partial charge on any atom is 0.490 e. The molecule has 1 aliphatic rings. The van der Waals surface area contributed by atoms with Gasteiger partial charge in [0.1, 0.15) is 5.02 Å². The Bertz CT molecular complexity index is 1070. The van der Waals surface area contributed by atoms with Gasteiger partial charge in [0.05, 0.1) is 6.20 Å². The van der Waals surface area contributed by atoms with Crippen molar-refractivity contribution in [2.24, 2.45) is 0 Å². The average molecular weight is 455 g/mol. The Morgan fingerprint density at radius 2 is 1.77 bits per heavy atom. The van der Waals surface area contributed by atoms with Crippen LogP contribution in [-0.4, -0.2) is 27.2 Å². The van der Waals surface area contributed by atoms with E-state index in [1.54, 1.807) is 18.0 Å². The van der Waals surface area contributed by atoms with E-state index in [0.717, 1.165) is 17.1 Å². The smallest absolute Gasteiger partial charge is 0.475 e. The topological polar surface area (TPSA) is 87.1 Å². The van der Waals surface area contributed by atoms with Crippen molar-refractivity contribution in [2.75, 3.05) is 10.6 Å². The number of hydrogen-bond donors (Lipinski definition) is 3. The molecule has 0 fully saturated rings. The normalized spacial score (nSPS) is 12.5. The number of alkyl halides is 3. The Morgan fingerprint density at radius 3 is 2.47 bits per heavy atom. The van der Waals surface area contributed by atoms with E-state index in [9.17, 15) is 13.2 Å². The number of aromatic nitrogens is 2. The van der Waals surface area contributed by atoms with Crippen LogP contribution in [0.4, 0.5) is 36.3 Å². The van der Waals surface area contributed by atoms with Crippen LogP contribution in [-0.2, 0) is 10.5 Å².